The van der Waals surface area contributed by atoms with E-state index in [0.717, 1.165) is 18.2 Å². The van der Waals surface area contributed by atoms with Gasteiger partial charge in [0.2, 0.25) is 11.7 Å². The first kappa shape index (κ1) is 16.7. The Hall–Kier alpha value is -3.62. The summed E-state index contributed by atoms with van der Waals surface area (Å²) in [5.41, 5.74) is -0.683. The normalized spacial score (nSPS) is 10.5. The zero-order valence-electron chi connectivity index (χ0n) is 12.0. The van der Waals surface area contributed by atoms with E-state index in [9.17, 15) is 29.4 Å². The molecule has 0 aromatic heterocycles. The monoisotopic (exact) mass is 331 g/mol. The lowest BCUT2D eigenvalue weighted by atomic mass is 10.1. The van der Waals surface area contributed by atoms with Crippen molar-refractivity contribution in [1.29, 1.82) is 0 Å². The molecule has 0 saturated heterocycles. The van der Waals surface area contributed by atoms with Crippen molar-refractivity contribution in [2.45, 2.75) is 0 Å². The lowest BCUT2D eigenvalue weighted by Gasteiger charge is -2.02. The van der Waals surface area contributed by atoms with E-state index in [0.29, 0.717) is 0 Å². The highest BCUT2D eigenvalue weighted by atomic mass is 19.1. The second-order valence-electron chi connectivity index (χ2n) is 4.56. The van der Waals surface area contributed by atoms with Crippen molar-refractivity contribution in [1.82, 2.24) is 0 Å². The van der Waals surface area contributed by atoms with Gasteiger partial charge in [0.15, 0.2) is 0 Å². The van der Waals surface area contributed by atoms with Gasteiger partial charge in [-0.05, 0) is 24.3 Å². The number of carbonyl (C=O) groups excluding carboxylic acids is 1. The summed E-state index contributed by atoms with van der Waals surface area (Å²) in [4.78, 5) is 31.8. The number of nitrogens with zero attached hydrogens (tertiary/aromatic N) is 2. The number of benzene rings is 2. The molecular formula is C15H10FN3O5. The molecule has 0 aliphatic carbocycles. The first-order chi connectivity index (χ1) is 11.4. The molecule has 0 fully saturated rings. The zero-order chi connectivity index (χ0) is 17.7. The molecule has 0 aliphatic heterocycles. The van der Waals surface area contributed by atoms with E-state index in [-0.39, 0.29) is 16.9 Å². The van der Waals surface area contributed by atoms with E-state index in [1.807, 2.05) is 0 Å². The van der Waals surface area contributed by atoms with Crippen molar-refractivity contribution in [2.75, 3.05) is 5.32 Å². The molecule has 2 aromatic rings. The van der Waals surface area contributed by atoms with E-state index in [4.69, 9.17) is 0 Å². The van der Waals surface area contributed by atoms with Crippen LogP contribution in [0.1, 0.15) is 5.56 Å². The van der Waals surface area contributed by atoms with Gasteiger partial charge in [-0.1, -0.05) is 12.1 Å². The first-order valence-corrected chi connectivity index (χ1v) is 6.55. The number of anilines is 1. The van der Waals surface area contributed by atoms with Gasteiger partial charge in [-0.15, -0.1) is 0 Å². The number of para-hydroxylation sites is 1. The minimum atomic E-state index is -1.02. The Balaban J connectivity index is 2.16. The van der Waals surface area contributed by atoms with Crippen LogP contribution in [-0.4, -0.2) is 15.8 Å². The SMILES string of the molecule is O=C(/C=C/c1ccccc1[N+](=O)[O-])Nc1ccc(F)c([N+](=O)[O-])c1. The van der Waals surface area contributed by atoms with Crippen molar-refractivity contribution in [3.8, 4) is 0 Å². The fourth-order valence-corrected chi connectivity index (χ4v) is 1.87. The van der Waals surface area contributed by atoms with Crippen LogP contribution in [-0.2, 0) is 4.79 Å². The molecule has 0 heterocycles. The van der Waals surface area contributed by atoms with Crippen LogP contribution >= 0.6 is 0 Å². The molecule has 0 atom stereocenters. The number of nitro groups is 2. The van der Waals surface area contributed by atoms with Crippen LogP contribution in [0.15, 0.2) is 48.5 Å². The third-order valence-electron chi connectivity index (χ3n) is 2.96. The standard InChI is InChI=1S/C15H10FN3O5/c16-12-7-6-11(9-14(12)19(23)24)17-15(20)8-5-10-3-1-2-4-13(10)18(21)22/h1-9H,(H,17,20)/b8-5+. The van der Waals surface area contributed by atoms with Crippen molar-refractivity contribution < 1.29 is 19.0 Å². The van der Waals surface area contributed by atoms with Gasteiger partial charge in [-0.3, -0.25) is 25.0 Å². The van der Waals surface area contributed by atoms with Crippen LogP contribution in [0.4, 0.5) is 21.5 Å². The molecule has 0 spiro atoms. The van der Waals surface area contributed by atoms with Crippen molar-refractivity contribution in [2.24, 2.45) is 0 Å². The number of hydrogen-bond acceptors (Lipinski definition) is 5. The second kappa shape index (κ2) is 7.09. The van der Waals surface area contributed by atoms with Gasteiger partial charge in [0.25, 0.3) is 5.69 Å². The van der Waals surface area contributed by atoms with Crippen LogP contribution in [0, 0.1) is 26.0 Å². The molecule has 0 aliphatic rings. The van der Waals surface area contributed by atoms with Gasteiger partial charge in [0, 0.05) is 23.9 Å². The maximum Gasteiger partial charge on any atom is 0.306 e. The number of amides is 1. The molecule has 1 amide bonds. The summed E-state index contributed by atoms with van der Waals surface area (Å²) in [7, 11) is 0. The molecule has 0 saturated carbocycles. The Bertz CT molecular complexity index is 851. The van der Waals surface area contributed by atoms with E-state index in [1.165, 1.54) is 30.3 Å². The predicted octanol–water partition coefficient (Wildman–Crippen LogP) is 3.29. The van der Waals surface area contributed by atoms with Crippen molar-refractivity contribution >= 4 is 29.0 Å². The van der Waals surface area contributed by atoms with Gasteiger partial charge in [-0.2, -0.15) is 4.39 Å². The average Bonchev–Trinajstić information content (AvgIpc) is 2.54. The molecule has 2 aromatic carbocycles. The molecule has 0 radical (unpaired) electrons. The number of rotatable bonds is 5. The smallest absolute Gasteiger partial charge is 0.306 e. The Labute approximate surface area is 134 Å². The zero-order valence-corrected chi connectivity index (χ0v) is 12.0. The lowest BCUT2D eigenvalue weighted by Crippen LogP contribution is -2.08. The minimum Gasteiger partial charge on any atom is -0.322 e. The molecule has 1 N–H and O–H groups in total. The summed E-state index contributed by atoms with van der Waals surface area (Å²) in [6.07, 6.45) is 2.28. The highest BCUT2D eigenvalue weighted by Gasteiger charge is 2.15. The van der Waals surface area contributed by atoms with Gasteiger partial charge < -0.3 is 5.32 Å². The minimum absolute atomic E-state index is 0.0281. The van der Waals surface area contributed by atoms with Gasteiger partial charge in [-0.25, -0.2) is 0 Å². The number of carbonyl (C=O) groups is 1. The Morgan fingerprint density at radius 2 is 1.71 bits per heavy atom. The number of nitrogens with one attached hydrogen (secondary N) is 1. The van der Waals surface area contributed by atoms with Crippen LogP contribution in [0.3, 0.4) is 0 Å². The summed E-state index contributed by atoms with van der Waals surface area (Å²) < 4.78 is 13.2. The molecule has 9 heteroatoms. The van der Waals surface area contributed by atoms with Crippen molar-refractivity contribution in [3.05, 3.63) is 80.1 Å². The van der Waals surface area contributed by atoms with Crippen LogP contribution in [0.5, 0.6) is 0 Å². The number of halogens is 1. The summed E-state index contributed by atoms with van der Waals surface area (Å²) in [5, 5.41) is 23.8. The Morgan fingerprint density at radius 3 is 2.38 bits per heavy atom. The summed E-state index contributed by atoms with van der Waals surface area (Å²) in [6.45, 7) is 0. The predicted molar refractivity (Wildman–Crippen MR) is 83.8 cm³/mol. The Kier molecular flexibility index (Phi) is 4.95. The second-order valence-corrected chi connectivity index (χ2v) is 4.56. The third-order valence-corrected chi connectivity index (χ3v) is 2.96. The molecule has 122 valence electrons. The highest BCUT2D eigenvalue weighted by molar-refractivity contribution is 6.02. The number of hydrogen-bond donors (Lipinski definition) is 1. The third kappa shape index (κ3) is 3.97. The summed E-state index contributed by atoms with van der Waals surface area (Å²) in [6, 6.07) is 8.73. The fourth-order valence-electron chi connectivity index (χ4n) is 1.87. The van der Waals surface area contributed by atoms with E-state index >= 15 is 0 Å². The van der Waals surface area contributed by atoms with Gasteiger partial charge in [0.1, 0.15) is 0 Å². The van der Waals surface area contributed by atoms with Crippen LogP contribution in [0.2, 0.25) is 0 Å². The highest BCUT2D eigenvalue weighted by Crippen LogP contribution is 2.22. The first-order valence-electron chi connectivity index (χ1n) is 6.55. The summed E-state index contributed by atoms with van der Waals surface area (Å²) >= 11 is 0. The Morgan fingerprint density at radius 1 is 1.04 bits per heavy atom. The topological polar surface area (TPSA) is 115 Å². The van der Waals surface area contributed by atoms with Gasteiger partial charge in [0.05, 0.1) is 15.4 Å². The molecule has 0 bridgehead atoms. The lowest BCUT2D eigenvalue weighted by molar-refractivity contribution is -0.387. The maximum atomic E-state index is 13.2. The van der Waals surface area contributed by atoms with Gasteiger partial charge >= 0.3 is 5.69 Å². The molecular weight excluding hydrogens is 321 g/mol. The number of nitro benzene ring substituents is 2. The average molecular weight is 331 g/mol. The van der Waals surface area contributed by atoms with E-state index < -0.39 is 27.3 Å². The fraction of sp³-hybridized carbons (Fsp3) is 0. The van der Waals surface area contributed by atoms with Crippen LogP contribution < -0.4 is 5.32 Å². The van der Waals surface area contributed by atoms with Crippen molar-refractivity contribution in [3.63, 3.8) is 0 Å². The largest absolute Gasteiger partial charge is 0.322 e. The molecule has 24 heavy (non-hydrogen) atoms. The maximum absolute atomic E-state index is 13.2. The summed E-state index contributed by atoms with van der Waals surface area (Å²) in [5.74, 6) is -1.69. The van der Waals surface area contributed by atoms with E-state index in [2.05, 4.69) is 5.32 Å². The molecule has 8 nitrogen and oxygen atoms in total. The molecule has 0 unspecified atom stereocenters. The quantitative estimate of drug-likeness (QED) is 0.513. The van der Waals surface area contributed by atoms with Crippen LogP contribution in [0.25, 0.3) is 6.08 Å². The molecule has 2 rings (SSSR count). The van der Waals surface area contributed by atoms with E-state index in [1.54, 1.807) is 6.07 Å².